The van der Waals surface area contributed by atoms with Crippen molar-refractivity contribution in [3.8, 4) is 0 Å². The van der Waals surface area contributed by atoms with Gasteiger partial charge in [-0.3, -0.25) is 4.91 Å². The third-order valence-electron chi connectivity index (χ3n) is 9.15. The molecule has 0 aromatic heterocycles. The van der Waals surface area contributed by atoms with E-state index >= 15 is 0 Å². The first kappa shape index (κ1) is 47.4. The molecule has 0 aliphatic heterocycles. The normalized spacial score (nSPS) is 10.9. The number of nitrogens with zero attached hydrogens (tertiary/aromatic N) is 5. The van der Waals surface area contributed by atoms with E-state index in [4.69, 9.17) is 21.7 Å². The molecule has 0 N–H and O–H groups in total. The maximum Gasteiger partial charge on any atom is 3.00 e. The Morgan fingerprint density at radius 2 is 0.692 bits per heavy atom. The predicted molar refractivity (Wildman–Crippen MR) is 236 cm³/mol. The van der Waals surface area contributed by atoms with Gasteiger partial charge in [-0.15, -0.1) is 11.4 Å². The van der Waals surface area contributed by atoms with Crippen molar-refractivity contribution < 1.29 is 21.7 Å². The van der Waals surface area contributed by atoms with Crippen LogP contribution in [0.15, 0.2) is 60.7 Å². The SMILES string of the molecule is Cc1cc(C)c([N-]c2ccc(C)cc2[PH+](C(C)C)C(C)C)c(C)c1.Cc1cc(C)c([N-]c2ccc(C)cc2[PH+](C(C)C)C(C)C)c(C)c1.[N-]=[N+]=[N-].[Ti+3]. The summed E-state index contributed by atoms with van der Waals surface area (Å²) < 4.78 is 0. The van der Waals surface area contributed by atoms with Crippen molar-refractivity contribution in [1.29, 1.82) is 0 Å². The van der Waals surface area contributed by atoms with Crippen LogP contribution in [0.2, 0.25) is 0 Å². The summed E-state index contributed by atoms with van der Waals surface area (Å²) in [4.78, 5) is 1.50. The fraction of sp³-hybridized carbons (Fsp3) is 0.455. The first-order valence-corrected chi connectivity index (χ1v) is 21.7. The van der Waals surface area contributed by atoms with E-state index in [0.29, 0.717) is 22.6 Å². The summed E-state index contributed by atoms with van der Waals surface area (Å²) in [6, 6.07) is 22.5. The van der Waals surface area contributed by atoms with Gasteiger partial charge in [0.15, 0.2) is 0 Å². The van der Waals surface area contributed by atoms with Crippen molar-refractivity contribution in [2.24, 2.45) is 0 Å². The molecular weight excluding hydrogens is 708 g/mol. The number of hydrogen-bond donors (Lipinski definition) is 0. The maximum atomic E-state index is 6.75. The van der Waals surface area contributed by atoms with Crippen molar-refractivity contribution in [3.05, 3.63) is 132 Å². The molecule has 4 aromatic carbocycles. The second-order valence-corrected chi connectivity index (χ2v) is 22.9. The summed E-state index contributed by atoms with van der Waals surface area (Å²) in [7, 11) is -1.31. The Morgan fingerprint density at radius 3 is 0.923 bits per heavy atom. The Bertz CT molecular complexity index is 1600. The van der Waals surface area contributed by atoms with Gasteiger partial charge in [0.2, 0.25) is 0 Å². The van der Waals surface area contributed by atoms with Crippen LogP contribution in [0.25, 0.3) is 26.6 Å². The van der Waals surface area contributed by atoms with Gasteiger partial charge in [0, 0.05) is 15.8 Å². The van der Waals surface area contributed by atoms with Crippen LogP contribution >= 0.6 is 15.8 Å². The quantitative estimate of drug-likeness (QED) is 0.0505. The van der Waals surface area contributed by atoms with E-state index in [-0.39, 0.29) is 21.7 Å². The van der Waals surface area contributed by atoms with Gasteiger partial charge < -0.3 is 21.7 Å². The largest absolute Gasteiger partial charge is 3.00 e. The summed E-state index contributed by atoms with van der Waals surface area (Å²) in [5.74, 6) is 0. The molecule has 0 spiro atoms. The molecule has 0 saturated carbocycles. The molecule has 0 unspecified atom stereocenters. The van der Waals surface area contributed by atoms with Crippen LogP contribution in [-0.4, -0.2) is 22.6 Å². The molecule has 0 heterocycles. The van der Waals surface area contributed by atoms with Gasteiger partial charge >= 0.3 is 21.7 Å². The first-order chi connectivity index (χ1) is 23.8. The van der Waals surface area contributed by atoms with Gasteiger partial charge in [-0.1, -0.05) is 93.3 Å². The van der Waals surface area contributed by atoms with Crippen LogP contribution in [0.5, 0.6) is 0 Å². The Morgan fingerprint density at radius 1 is 0.442 bits per heavy atom. The number of rotatable bonds is 10. The second-order valence-electron chi connectivity index (χ2n) is 15.4. The average molecular weight is 773 g/mol. The van der Waals surface area contributed by atoms with Gasteiger partial charge in [-0.25, -0.2) is 0 Å². The Labute approximate surface area is 334 Å². The molecule has 52 heavy (non-hydrogen) atoms. The Balaban J connectivity index is 0.000000475. The summed E-state index contributed by atoms with van der Waals surface area (Å²) in [6.45, 7) is 36.3. The molecule has 0 saturated heterocycles. The van der Waals surface area contributed by atoms with E-state index in [1.165, 1.54) is 71.4 Å². The van der Waals surface area contributed by atoms with Crippen LogP contribution in [0, 0.1) is 55.4 Å². The van der Waals surface area contributed by atoms with Crippen LogP contribution in [0.4, 0.5) is 22.7 Å². The minimum absolute atomic E-state index is 0. The minimum Gasteiger partial charge on any atom is -0.654 e. The molecule has 0 atom stereocenters. The molecular formula is C44H64N5P2Ti+2. The topological polar surface area (TPSA) is 86.9 Å². The molecule has 0 bridgehead atoms. The van der Waals surface area contributed by atoms with Crippen LogP contribution in [0.1, 0.15) is 99.9 Å². The summed E-state index contributed by atoms with van der Waals surface area (Å²) in [5.41, 5.74) is 31.3. The van der Waals surface area contributed by atoms with Crippen molar-refractivity contribution in [2.75, 3.05) is 0 Å². The molecule has 4 rings (SSSR count). The molecule has 4 aromatic rings. The third-order valence-corrected chi connectivity index (χ3v) is 16.2. The zero-order chi connectivity index (χ0) is 38.7. The second kappa shape index (κ2) is 21.9. The minimum atomic E-state index is -0.654. The van der Waals surface area contributed by atoms with Crippen molar-refractivity contribution >= 4 is 49.2 Å². The van der Waals surface area contributed by atoms with E-state index < -0.39 is 15.8 Å². The van der Waals surface area contributed by atoms with E-state index in [2.05, 4.69) is 171 Å². The van der Waals surface area contributed by atoms with E-state index in [0.717, 1.165) is 11.4 Å². The van der Waals surface area contributed by atoms with E-state index in [1.54, 1.807) is 0 Å². The molecule has 0 fully saturated rings. The van der Waals surface area contributed by atoms with E-state index in [1.807, 2.05) is 0 Å². The van der Waals surface area contributed by atoms with Gasteiger partial charge in [-0.05, 0) is 134 Å². The van der Waals surface area contributed by atoms with E-state index in [9.17, 15) is 0 Å². The number of benzene rings is 4. The summed E-state index contributed by atoms with van der Waals surface area (Å²) >= 11 is 0. The van der Waals surface area contributed by atoms with Gasteiger partial charge in [-0.2, -0.15) is 0 Å². The zero-order valence-electron chi connectivity index (χ0n) is 34.8. The van der Waals surface area contributed by atoms with Crippen molar-refractivity contribution in [3.63, 3.8) is 0 Å². The predicted octanol–water partition coefficient (Wildman–Crippen LogP) is 14.7. The van der Waals surface area contributed by atoms with Crippen LogP contribution in [0.3, 0.4) is 0 Å². The molecule has 5 nitrogen and oxygen atoms in total. The zero-order valence-corrected chi connectivity index (χ0v) is 38.4. The monoisotopic (exact) mass is 772 g/mol. The summed E-state index contributed by atoms with van der Waals surface area (Å²) in [6.07, 6.45) is 0. The molecule has 0 aliphatic rings. The van der Waals surface area contributed by atoms with Crippen LogP contribution in [-0.2, 0) is 21.7 Å². The van der Waals surface area contributed by atoms with Gasteiger partial charge in [0.1, 0.15) is 0 Å². The third kappa shape index (κ3) is 13.3. The fourth-order valence-electron chi connectivity index (χ4n) is 7.47. The smallest absolute Gasteiger partial charge is 0.654 e. The van der Waals surface area contributed by atoms with Crippen LogP contribution < -0.4 is 10.6 Å². The molecule has 0 amide bonds. The molecule has 8 heteroatoms. The van der Waals surface area contributed by atoms with Crippen molar-refractivity contribution in [1.82, 2.24) is 0 Å². The van der Waals surface area contributed by atoms with Crippen molar-refractivity contribution in [2.45, 2.75) is 133 Å². The molecule has 1 radical (unpaired) electrons. The fourth-order valence-corrected chi connectivity index (χ4v) is 14.3. The van der Waals surface area contributed by atoms with Gasteiger partial charge in [0.25, 0.3) is 0 Å². The van der Waals surface area contributed by atoms with Gasteiger partial charge in [0.05, 0.1) is 33.2 Å². The maximum absolute atomic E-state index is 6.75. The number of hydrogen-bond acceptors (Lipinski definition) is 0. The Hall–Kier alpha value is -2.64. The summed E-state index contributed by atoms with van der Waals surface area (Å²) in [5, 5.41) is 13.2. The number of aryl methyl sites for hydroxylation is 8. The molecule has 277 valence electrons. The average Bonchev–Trinajstić information content (AvgIpc) is 2.98. The standard InChI is InChI=1S/2C22H31NP.N3.Ti/c2*1-14(2)24(15(3)4)21-13-16(5)9-10-20(21)23-22-18(7)11-17(6)12-19(22)8;1-3-2;/h2*9-15H,1-8H3;;/q3*-1;+3/p+2. The molecule has 0 aliphatic carbocycles. The first-order valence-electron chi connectivity index (χ1n) is 18.4. The Kier molecular flexibility index (Phi) is 20.0.